The van der Waals surface area contributed by atoms with Gasteiger partial charge in [0, 0.05) is 44.7 Å². The van der Waals surface area contributed by atoms with E-state index in [0.717, 1.165) is 44.8 Å². The maximum Gasteiger partial charge on any atom is 0.256 e. The maximum atomic E-state index is 13.9. The van der Waals surface area contributed by atoms with Crippen LogP contribution in [0.1, 0.15) is 58.6 Å². The Morgan fingerprint density at radius 1 is 1.05 bits per heavy atom. The number of ketones is 1. The third-order valence-corrected chi connectivity index (χ3v) is 10.7. The minimum atomic E-state index is -3.85. The van der Waals surface area contributed by atoms with Crippen molar-refractivity contribution in [1.82, 2.24) is 14.8 Å². The van der Waals surface area contributed by atoms with Gasteiger partial charge in [0.1, 0.15) is 0 Å². The first-order chi connectivity index (χ1) is 20.1. The fourth-order valence-corrected chi connectivity index (χ4v) is 8.29. The van der Waals surface area contributed by atoms with Crippen LogP contribution in [0.15, 0.2) is 47.4 Å². The van der Waals surface area contributed by atoms with Gasteiger partial charge in [-0.2, -0.15) is 0 Å². The number of fused-ring (bicyclic) bond motifs is 1. The van der Waals surface area contributed by atoms with E-state index in [0.29, 0.717) is 28.1 Å². The summed E-state index contributed by atoms with van der Waals surface area (Å²) < 4.78 is 26.8. The van der Waals surface area contributed by atoms with E-state index >= 15 is 0 Å². The number of Topliss-reactive ketones (excluding diaryl/α,β-unsaturated/α-hetero) is 1. The Labute approximate surface area is 255 Å². The van der Waals surface area contributed by atoms with Crippen LogP contribution in [0, 0.1) is 6.92 Å². The third-order valence-electron chi connectivity index (χ3n) is 8.31. The van der Waals surface area contributed by atoms with Crippen molar-refractivity contribution in [3.8, 4) is 0 Å². The normalized spacial score (nSPS) is 20.4. The third kappa shape index (κ3) is 5.68. The summed E-state index contributed by atoms with van der Waals surface area (Å²) >= 11 is 12.5. The number of aromatic amines is 1. The van der Waals surface area contributed by atoms with Crippen LogP contribution in [0.2, 0.25) is 10.0 Å². The van der Waals surface area contributed by atoms with Crippen LogP contribution >= 0.6 is 23.2 Å². The average molecular weight is 628 g/mol. The molecule has 1 atom stereocenters. The van der Waals surface area contributed by atoms with Crippen molar-refractivity contribution < 1.29 is 18.0 Å². The van der Waals surface area contributed by atoms with E-state index in [1.807, 2.05) is 13.0 Å². The molecule has 2 aromatic carbocycles. The first kappa shape index (κ1) is 29.1. The molecular formula is C31H32Cl2N4O4S. The number of halogens is 2. The van der Waals surface area contributed by atoms with E-state index in [9.17, 15) is 18.0 Å². The molecular weight excluding hydrogens is 595 g/mol. The fraction of sp³-hybridized carbons (Fsp3) is 0.355. The summed E-state index contributed by atoms with van der Waals surface area (Å²) in [6, 6.07) is 11.0. The molecule has 6 rings (SSSR count). The molecule has 220 valence electrons. The summed E-state index contributed by atoms with van der Waals surface area (Å²) in [7, 11) is -3.85. The van der Waals surface area contributed by atoms with E-state index in [2.05, 4.69) is 20.1 Å². The zero-order chi connectivity index (χ0) is 29.6. The molecule has 0 saturated carbocycles. The number of aryl methyl sites for hydroxylation is 1. The first-order valence-corrected chi connectivity index (χ1v) is 16.5. The summed E-state index contributed by atoms with van der Waals surface area (Å²) in [5.74, 6) is -0.709. The molecule has 0 radical (unpaired) electrons. The molecule has 42 heavy (non-hydrogen) atoms. The Bertz CT molecular complexity index is 1690. The molecule has 0 bridgehead atoms. The number of likely N-dealkylation sites (tertiary alicyclic amines) is 2. The molecule has 1 unspecified atom stereocenters. The van der Waals surface area contributed by atoms with E-state index in [4.69, 9.17) is 23.2 Å². The van der Waals surface area contributed by atoms with E-state index in [-0.39, 0.29) is 44.0 Å². The number of hydrogen-bond donors (Lipinski definition) is 2. The summed E-state index contributed by atoms with van der Waals surface area (Å²) in [5.41, 5.74) is 3.45. The van der Waals surface area contributed by atoms with Gasteiger partial charge in [-0.15, -0.1) is 0 Å². The minimum Gasteiger partial charge on any atom is -0.359 e. The predicted octanol–water partition coefficient (Wildman–Crippen LogP) is 5.80. The molecule has 0 aliphatic carbocycles. The van der Waals surface area contributed by atoms with E-state index in [1.54, 1.807) is 30.3 Å². The zero-order valence-corrected chi connectivity index (χ0v) is 25.6. The van der Waals surface area contributed by atoms with Gasteiger partial charge in [-0.3, -0.25) is 19.4 Å². The summed E-state index contributed by atoms with van der Waals surface area (Å²) in [4.78, 5) is 34.9. The number of hydrogen-bond acceptors (Lipinski definition) is 6. The summed E-state index contributed by atoms with van der Waals surface area (Å²) in [5, 5.41) is 3.35. The largest absolute Gasteiger partial charge is 0.359 e. The fourth-order valence-electron chi connectivity index (χ4n) is 6.17. The standard InChI is InChI=1S/C31H32Cl2N4O4S/c1-19-14-23(30(38)29-8-5-13-37(29)18-36-11-2-3-12-36)28(34-19)16-22-21-15-20(9-10-27(21)35-31(22)39)42(40,41)17-24-25(32)6-4-7-26(24)33/h4,6-7,9-10,14-16,29,34H,2-3,5,8,11-13,17-18H2,1H3,(H,35,39). The lowest BCUT2D eigenvalue weighted by atomic mass is 9.99. The molecule has 3 aliphatic rings. The van der Waals surface area contributed by atoms with Crippen LogP contribution in [0.4, 0.5) is 5.69 Å². The van der Waals surface area contributed by atoms with Crippen molar-refractivity contribution in [2.75, 3.05) is 31.6 Å². The highest BCUT2D eigenvalue weighted by Gasteiger charge is 2.35. The Morgan fingerprint density at radius 3 is 2.52 bits per heavy atom. The van der Waals surface area contributed by atoms with Gasteiger partial charge in [-0.05, 0) is 88.2 Å². The van der Waals surface area contributed by atoms with Crippen molar-refractivity contribution in [3.63, 3.8) is 0 Å². The number of benzene rings is 2. The lowest BCUT2D eigenvalue weighted by molar-refractivity contribution is -0.110. The number of H-pyrrole nitrogens is 1. The van der Waals surface area contributed by atoms with Crippen LogP contribution in [-0.4, -0.2) is 67.2 Å². The molecule has 11 heteroatoms. The second-order valence-electron chi connectivity index (χ2n) is 11.3. The molecule has 1 amide bonds. The van der Waals surface area contributed by atoms with Crippen molar-refractivity contribution >= 4 is 62.1 Å². The van der Waals surface area contributed by atoms with Crippen LogP contribution < -0.4 is 5.32 Å². The lowest BCUT2D eigenvalue weighted by Crippen LogP contribution is -2.43. The second kappa shape index (κ2) is 11.6. The van der Waals surface area contributed by atoms with Crippen molar-refractivity contribution in [2.24, 2.45) is 0 Å². The highest BCUT2D eigenvalue weighted by Crippen LogP contribution is 2.37. The van der Waals surface area contributed by atoms with Crippen LogP contribution in [-0.2, 0) is 20.4 Å². The van der Waals surface area contributed by atoms with Crippen molar-refractivity contribution in [1.29, 1.82) is 0 Å². The topological polar surface area (TPSA) is 103 Å². The van der Waals surface area contributed by atoms with Crippen LogP contribution in [0.5, 0.6) is 0 Å². The highest BCUT2D eigenvalue weighted by atomic mass is 35.5. The number of carbonyl (C=O) groups excluding carboxylic acids is 2. The number of aromatic nitrogens is 1. The van der Waals surface area contributed by atoms with Gasteiger partial charge < -0.3 is 10.3 Å². The quantitative estimate of drug-likeness (QED) is 0.242. The van der Waals surface area contributed by atoms with Gasteiger partial charge in [-0.1, -0.05) is 29.3 Å². The maximum absolute atomic E-state index is 13.9. The molecule has 8 nitrogen and oxygen atoms in total. The molecule has 4 heterocycles. The van der Waals surface area contributed by atoms with E-state index < -0.39 is 9.84 Å². The van der Waals surface area contributed by atoms with Gasteiger partial charge in [0.25, 0.3) is 5.91 Å². The second-order valence-corrected chi connectivity index (χ2v) is 14.1. The molecule has 0 spiro atoms. The van der Waals surface area contributed by atoms with Gasteiger partial charge in [0.2, 0.25) is 0 Å². The van der Waals surface area contributed by atoms with Gasteiger partial charge >= 0.3 is 0 Å². The number of amides is 1. The Kier molecular flexibility index (Phi) is 8.06. The Balaban J connectivity index is 1.31. The SMILES string of the molecule is Cc1cc(C(=O)C2CCCN2CN2CCCC2)c(C=C2C(=O)Nc3ccc(S(=O)(=O)Cc4c(Cl)cccc4Cl)cc32)[nH]1. The number of sulfone groups is 1. The monoisotopic (exact) mass is 626 g/mol. The first-order valence-electron chi connectivity index (χ1n) is 14.1. The van der Waals surface area contributed by atoms with Gasteiger partial charge in [0.05, 0.1) is 34.6 Å². The molecule has 3 aromatic rings. The summed E-state index contributed by atoms with van der Waals surface area (Å²) in [6.07, 6.45) is 5.81. The minimum absolute atomic E-state index is 0.0365. The summed E-state index contributed by atoms with van der Waals surface area (Å²) in [6.45, 7) is 5.69. The number of rotatable bonds is 8. The Hall–Kier alpha value is -2.95. The molecule has 2 N–H and O–H groups in total. The molecule has 2 saturated heterocycles. The smallest absolute Gasteiger partial charge is 0.256 e. The number of anilines is 1. The van der Waals surface area contributed by atoms with E-state index in [1.165, 1.54) is 25.0 Å². The zero-order valence-electron chi connectivity index (χ0n) is 23.3. The van der Waals surface area contributed by atoms with Crippen LogP contribution in [0.25, 0.3) is 11.6 Å². The lowest BCUT2D eigenvalue weighted by Gasteiger charge is -2.28. The molecule has 3 aliphatic heterocycles. The Morgan fingerprint density at radius 2 is 1.79 bits per heavy atom. The average Bonchev–Trinajstić information content (AvgIpc) is 3.75. The number of nitrogens with one attached hydrogen (secondary N) is 2. The van der Waals surface area contributed by atoms with Crippen molar-refractivity contribution in [2.45, 2.75) is 49.3 Å². The molecule has 1 aromatic heterocycles. The predicted molar refractivity (Wildman–Crippen MR) is 166 cm³/mol. The number of carbonyl (C=O) groups is 2. The van der Waals surface area contributed by atoms with Gasteiger partial charge in [-0.25, -0.2) is 8.42 Å². The van der Waals surface area contributed by atoms with Crippen molar-refractivity contribution in [3.05, 3.63) is 80.6 Å². The molecule has 2 fully saturated rings. The van der Waals surface area contributed by atoms with Crippen LogP contribution in [0.3, 0.4) is 0 Å². The number of nitrogens with zero attached hydrogens (tertiary/aromatic N) is 2. The highest BCUT2D eigenvalue weighted by molar-refractivity contribution is 7.90. The van der Waals surface area contributed by atoms with Gasteiger partial charge in [0.15, 0.2) is 15.6 Å².